The fraction of sp³-hybridized carbons (Fsp3) is 0.391. The molecule has 1 aliphatic rings. The number of benzene rings is 2. The van der Waals surface area contributed by atoms with Gasteiger partial charge in [-0.3, -0.25) is 9.59 Å². The summed E-state index contributed by atoms with van der Waals surface area (Å²) >= 11 is 0. The third-order valence-electron chi connectivity index (χ3n) is 5.09. The first-order valence-electron chi connectivity index (χ1n) is 10.2. The number of methoxy groups -OCH3 is 2. The topological polar surface area (TPSA) is 79.9 Å². The van der Waals surface area contributed by atoms with Crippen LogP contribution in [0.1, 0.15) is 28.8 Å². The van der Waals surface area contributed by atoms with E-state index < -0.39 is 0 Å². The molecule has 0 aliphatic carbocycles. The van der Waals surface area contributed by atoms with Crippen molar-refractivity contribution in [3.8, 4) is 5.75 Å². The monoisotopic (exact) mass is 411 g/mol. The summed E-state index contributed by atoms with van der Waals surface area (Å²) in [4.78, 5) is 27.5. The predicted octanol–water partition coefficient (Wildman–Crippen LogP) is 2.85. The van der Waals surface area contributed by atoms with E-state index in [2.05, 4.69) is 15.5 Å². The molecule has 30 heavy (non-hydrogen) atoms. The van der Waals surface area contributed by atoms with Crippen LogP contribution in [0.25, 0.3) is 0 Å². The number of carbonyl (C=O) groups is 2. The second kappa shape index (κ2) is 10.6. The lowest BCUT2D eigenvalue weighted by atomic mass is 10.1. The summed E-state index contributed by atoms with van der Waals surface area (Å²) in [5.74, 6) is 0.445. The van der Waals surface area contributed by atoms with Crippen LogP contribution in [-0.4, -0.2) is 52.3 Å². The van der Waals surface area contributed by atoms with Crippen LogP contribution in [0, 0.1) is 0 Å². The number of ether oxygens (including phenoxy) is 2. The zero-order chi connectivity index (χ0) is 21.3. The number of nitrogens with zero attached hydrogens (tertiary/aromatic N) is 1. The van der Waals surface area contributed by atoms with Gasteiger partial charge in [-0.1, -0.05) is 12.1 Å². The third kappa shape index (κ3) is 5.73. The Morgan fingerprint density at radius 1 is 1.03 bits per heavy atom. The molecular weight excluding hydrogens is 382 g/mol. The molecule has 2 N–H and O–H groups in total. The molecule has 160 valence electrons. The van der Waals surface area contributed by atoms with Gasteiger partial charge in [0.1, 0.15) is 5.75 Å². The lowest BCUT2D eigenvalue weighted by Gasteiger charge is -2.22. The Balaban J connectivity index is 1.72. The van der Waals surface area contributed by atoms with Crippen LogP contribution in [0.3, 0.4) is 0 Å². The molecule has 0 unspecified atom stereocenters. The van der Waals surface area contributed by atoms with Crippen molar-refractivity contribution < 1.29 is 19.1 Å². The van der Waals surface area contributed by atoms with Gasteiger partial charge in [0.05, 0.1) is 25.7 Å². The van der Waals surface area contributed by atoms with Crippen molar-refractivity contribution in [1.29, 1.82) is 0 Å². The fourth-order valence-electron chi connectivity index (χ4n) is 3.53. The Hall–Kier alpha value is -3.06. The van der Waals surface area contributed by atoms with Crippen LogP contribution in [-0.2, 0) is 16.0 Å². The Kier molecular flexibility index (Phi) is 7.68. The number of hydrogen-bond donors (Lipinski definition) is 2. The molecule has 1 heterocycles. The summed E-state index contributed by atoms with van der Waals surface area (Å²) in [6.07, 6.45) is 2.48. The van der Waals surface area contributed by atoms with Gasteiger partial charge in [0.25, 0.3) is 5.91 Å². The van der Waals surface area contributed by atoms with E-state index in [0.717, 1.165) is 42.9 Å². The van der Waals surface area contributed by atoms with E-state index in [-0.39, 0.29) is 18.2 Å². The lowest BCUT2D eigenvalue weighted by molar-refractivity contribution is -0.115. The van der Waals surface area contributed by atoms with Gasteiger partial charge in [-0.2, -0.15) is 0 Å². The molecule has 0 radical (unpaired) electrons. The number of rotatable bonds is 9. The highest BCUT2D eigenvalue weighted by Crippen LogP contribution is 2.27. The van der Waals surface area contributed by atoms with Crippen molar-refractivity contribution in [2.45, 2.75) is 19.3 Å². The molecule has 1 saturated heterocycles. The Morgan fingerprint density at radius 3 is 2.43 bits per heavy atom. The molecule has 7 heteroatoms. The molecule has 2 amide bonds. The van der Waals surface area contributed by atoms with Gasteiger partial charge in [0.2, 0.25) is 5.91 Å². The smallest absolute Gasteiger partial charge is 0.253 e. The molecule has 0 saturated carbocycles. The summed E-state index contributed by atoms with van der Waals surface area (Å²) in [6.45, 7) is 2.74. The van der Waals surface area contributed by atoms with E-state index in [4.69, 9.17) is 9.47 Å². The molecule has 7 nitrogen and oxygen atoms in total. The van der Waals surface area contributed by atoms with Crippen LogP contribution in [0.4, 0.5) is 11.4 Å². The number of carbonyl (C=O) groups excluding carboxylic acids is 2. The third-order valence-corrected chi connectivity index (χ3v) is 5.09. The van der Waals surface area contributed by atoms with Crippen LogP contribution in [0.5, 0.6) is 5.75 Å². The van der Waals surface area contributed by atoms with Gasteiger partial charge in [-0.15, -0.1) is 0 Å². The molecule has 2 aromatic rings. The van der Waals surface area contributed by atoms with Crippen LogP contribution in [0.15, 0.2) is 42.5 Å². The maximum Gasteiger partial charge on any atom is 0.253 e. The summed E-state index contributed by atoms with van der Waals surface area (Å²) < 4.78 is 10.2. The quantitative estimate of drug-likeness (QED) is 0.621. The van der Waals surface area contributed by atoms with E-state index in [1.54, 1.807) is 20.3 Å². The molecule has 1 aliphatic heterocycles. The van der Waals surface area contributed by atoms with E-state index in [9.17, 15) is 9.59 Å². The van der Waals surface area contributed by atoms with Crippen LogP contribution < -0.4 is 20.3 Å². The minimum Gasteiger partial charge on any atom is -0.497 e. The zero-order valence-electron chi connectivity index (χ0n) is 17.6. The summed E-state index contributed by atoms with van der Waals surface area (Å²) in [6, 6.07) is 12.9. The molecule has 1 fully saturated rings. The lowest BCUT2D eigenvalue weighted by Crippen LogP contribution is -2.30. The maximum absolute atomic E-state index is 12.8. The largest absolute Gasteiger partial charge is 0.497 e. The van der Waals surface area contributed by atoms with Gasteiger partial charge in [0.15, 0.2) is 0 Å². The first kappa shape index (κ1) is 21.6. The highest BCUT2D eigenvalue weighted by Gasteiger charge is 2.20. The highest BCUT2D eigenvalue weighted by atomic mass is 16.5. The molecular formula is C23H29N3O4. The normalized spacial score (nSPS) is 13.2. The van der Waals surface area contributed by atoms with Crippen molar-refractivity contribution in [1.82, 2.24) is 5.32 Å². The molecule has 0 aromatic heterocycles. The molecule has 3 rings (SSSR count). The SMILES string of the molecule is COCCNC(=O)c1cc(NC(=O)Cc2ccc(OC)cc2)ccc1N1CCCC1. The highest BCUT2D eigenvalue weighted by molar-refractivity contribution is 6.02. The predicted molar refractivity (Wildman–Crippen MR) is 117 cm³/mol. The Labute approximate surface area is 177 Å². The van der Waals surface area contributed by atoms with E-state index in [0.29, 0.717) is 24.4 Å². The van der Waals surface area contributed by atoms with Crippen molar-refractivity contribution in [2.24, 2.45) is 0 Å². The molecule has 0 atom stereocenters. The number of amides is 2. The van der Waals surface area contributed by atoms with Crippen LogP contribution in [0.2, 0.25) is 0 Å². The van der Waals surface area contributed by atoms with Crippen molar-refractivity contribution in [3.05, 3.63) is 53.6 Å². The number of hydrogen-bond acceptors (Lipinski definition) is 5. The minimum atomic E-state index is -0.166. The minimum absolute atomic E-state index is 0.139. The van der Waals surface area contributed by atoms with Gasteiger partial charge in [0, 0.05) is 38.1 Å². The zero-order valence-corrected chi connectivity index (χ0v) is 17.6. The summed E-state index contributed by atoms with van der Waals surface area (Å²) in [5.41, 5.74) is 2.96. The first-order chi connectivity index (χ1) is 14.6. The van der Waals surface area contributed by atoms with Gasteiger partial charge >= 0.3 is 0 Å². The average molecular weight is 412 g/mol. The van der Waals surface area contributed by atoms with Gasteiger partial charge in [-0.25, -0.2) is 0 Å². The molecule has 0 spiro atoms. The molecule has 0 bridgehead atoms. The van der Waals surface area contributed by atoms with Crippen molar-refractivity contribution in [3.63, 3.8) is 0 Å². The first-order valence-corrected chi connectivity index (χ1v) is 10.2. The van der Waals surface area contributed by atoms with Gasteiger partial charge < -0.3 is 25.0 Å². The van der Waals surface area contributed by atoms with Crippen molar-refractivity contribution in [2.75, 3.05) is 50.7 Å². The standard InChI is InChI=1S/C23H29N3O4/c1-29-14-11-24-23(28)20-16-18(7-10-21(20)26-12-3-4-13-26)25-22(27)15-17-5-8-19(30-2)9-6-17/h5-10,16H,3-4,11-15H2,1-2H3,(H,24,28)(H,25,27). The Bertz CT molecular complexity index is 861. The van der Waals surface area contributed by atoms with Gasteiger partial charge in [-0.05, 0) is 48.7 Å². The van der Waals surface area contributed by atoms with E-state index >= 15 is 0 Å². The molecule has 2 aromatic carbocycles. The second-order valence-electron chi connectivity index (χ2n) is 7.25. The maximum atomic E-state index is 12.8. The summed E-state index contributed by atoms with van der Waals surface area (Å²) in [5, 5.41) is 5.79. The van der Waals surface area contributed by atoms with E-state index in [1.165, 1.54) is 0 Å². The summed E-state index contributed by atoms with van der Waals surface area (Å²) in [7, 11) is 3.21. The number of anilines is 2. The fourth-order valence-corrected chi connectivity index (χ4v) is 3.53. The number of nitrogens with one attached hydrogen (secondary N) is 2. The average Bonchev–Trinajstić information content (AvgIpc) is 3.29. The van der Waals surface area contributed by atoms with Crippen LogP contribution >= 0.6 is 0 Å². The van der Waals surface area contributed by atoms with E-state index in [1.807, 2.05) is 36.4 Å². The van der Waals surface area contributed by atoms with Crippen molar-refractivity contribution >= 4 is 23.2 Å². The second-order valence-corrected chi connectivity index (χ2v) is 7.25. The Morgan fingerprint density at radius 2 is 1.77 bits per heavy atom.